The average Bonchev–Trinajstić information content (AvgIpc) is 2.71. The normalized spacial score (nSPS) is 17.7. The summed E-state index contributed by atoms with van der Waals surface area (Å²) in [5.74, 6) is 2.10. The highest BCUT2D eigenvalue weighted by Crippen LogP contribution is 2.27. The minimum atomic E-state index is -0.130. The van der Waals surface area contributed by atoms with Gasteiger partial charge in [0, 0.05) is 13.1 Å². The topological polar surface area (TPSA) is 58.2 Å². The van der Waals surface area contributed by atoms with Crippen LogP contribution < -0.4 is 10.3 Å². The van der Waals surface area contributed by atoms with Gasteiger partial charge < -0.3 is 14.6 Å². The summed E-state index contributed by atoms with van der Waals surface area (Å²) in [6.45, 7) is 6.44. The molecule has 1 unspecified atom stereocenters. The highest BCUT2D eigenvalue weighted by molar-refractivity contribution is 5.80. The second-order valence-electron chi connectivity index (χ2n) is 7.68. The Balaban J connectivity index is 1.46. The number of likely N-dealkylation sites (tertiary alicyclic amines) is 1. The van der Waals surface area contributed by atoms with E-state index in [2.05, 4.69) is 21.8 Å². The van der Waals surface area contributed by atoms with Crippen molar-refractivity contribution in [3.05, 3.63) is 58.9 Å². The summed E-state index contributed by atoms with van der Waals surface area (Å²) in [4.78, 5) is 22.5. The number of rotatable bonds is 6. The third-order valence-electron chi connectivity index (χ3n) is 5.37. The second kappa shape index (κ2) is 8.57. The summed E-state index contributed by atoms with van der Waals surface area (Å²) in [5.41, 5.74) is 1.38. The molecular weight excluding hydrogens is 350 g/mol. The van der Waals surface area contributed by atoms with Crippen molar-refractivity contribution in [3.8, 4) is 17.1 Å². The summed E-state index contributed by atoms with van der Waals surface area (Å²) in [7, 11) is 0. The Bertz CT molecular complexity index is 998. The lowest BCUT2D eigenvalue weighted by Gasteiger charge is -2.30. The van der Waals surface area contributed by atoms with Crippen LogP contribution in [0, 0.1) is 5.92 Å². The Morgan fingerprint density at radius 2 is 2.00 bits per heavy atom. The molecule has 0 bridgehead atoms. The maximum atomic E-state index is 12.4. The van der Waals surface area contributed by atoms with Crippen molar-refractivity contribution in [1.82, 2.24) is 14.9 Å². The van der Waals surface area contributed by atoms with E-state index >= 15 is 0 Å². The Hall–Kier alpha value is -2.66. The van der Waals surface area contributed by atoms with E-state index in [1.165, 1.54) is 25.9 Å². The fraction of sp³-hybridized carbons (Fsp3) is 0.391. The van der Waals surface area contributed by atoms with Gasteiger partial charge in [-0.1, -0.05) is 31.2 Å². The molecule has 0 spiro atoms. The zero-order valence-electron chi connectivity index (χ0n) is 16.4. The number of para-hydroxylation sites is 2. The molecule has 1 N–H and O–H groups in total. The smallest absolute Gasteiger partial charge is 0.259 e. The lowest BCUT2D eigenvalue weighted by Crippen LogP contribution is -2.35. The van der Waals surface area contributed by atoms with Crippen LogP contribution in [0.4, 0.5) is 0 Å². The molecule has 2 aromatic carbocycles. The molecule has 3 aromatic rings. The fourth-order valence-electron chi connectivity index (χ4n) is 3.96. The van der Waals surface area contributed by atoms with Crippen LogP contribution in [-0.4, -0.2) is 41.1 Å². The molecule has 1 saturated heterocycles. The first-order valence-electron chi connectivity index (χ1n) is 10.1. The van der Waals surface area contributed by atoms with Gasteiger partial charge in [0.15, 0.2) is 0 Å². The number of nitrogens with one attached hydrogen (secondary N) is 1. The lowest BCUT2D eigenvalue weighted by molar-refractivity contribution is 0.170. The molecule has 146 valence electrons. The fourth-order valence-corrected chi connectivity index (χ4v) is 3.96. The number of hydrogen-bond donors (Lipinski definition) is 1. The molecule has 5 nitrogen and oxygen atoms in total. The van der Waals surface area contributed by atoms with E-state index in [1.807, 2.05) is 42.5 Å². The maximum Gasteiger partial charge on any atom is 0.259 e. The zero-order chi connectivity index (χ0) is 19.3. The van der Waals surface area contributed by atoms with Crippen LogP contribution >= 0.6 is 0 Å². The van der Waals surface area contributed by atoms with Crippen LogP contribution in [0.3, 0.4) is 0 Å². The van der Waals surface area contributed by atoms with Crippen LogP contribution in [0.2, 0.25) is 0 Å². The van der Waals surface area contributed by atoms with Gasteiger partial charge in [-0.2, -0.15) is 0 Å². The molecule has 0 aliphatic carbocycles. The summed E-state index contributed by atoms with van der Waals surface area (Å²) in [6.07, 6.45) is 3.63. The van der Waals surface area contributed by atoms with Gasteiger partial charge in [0.05, 0.1) is 23.1 Å². The molecule has 1 aliphatic heterocycles. The van der Waals surface area contributed by atoms with Gasteiger partial charge in [-0.15, -0.1) is 0 Å². The van der Waals surface area contributed by atoms with Gasteiger partial charge in [-0.05, 0) is 56.0 Å². The van der Waals surface area contributed by atoms with Gasteiger partial charge in [-0.3, -0.25) is 4.79 Å². The minimum absolute atomic E-state index is 0.130. The first kappa shape index (κ1) is 18.7. The molecule has 0 radical (unpaired) electrons. The van der Waals surface area contributed by atoms with Crippen molar-refractivity contribution in [2.75, 3.05) is 26.2 Å². The van der Waals surface area contributed by atoms with E-state index in [0.717, 1.165) is 30.2 Å². The summed E-state index contributed by atoms with van der Waals surface area (Å²) < 4.78 is 6.07. The van der Waals surface area contributed by atoms with Gasteiger partial charge in [0.1, 0.15) is 11.6 Å². The van der Waals surface area contributed by atoms with Crippen LogP contribution in [0.25, 0.3) is 22.3 Å². The van der Waals surface area contributed by atoms with E-state index in [-0.39, 0.29) is 5.56 Å². The molecule has 1 aliphatic rings. The SMILES string of the molecule is CC1CCCN(CCCOc2ccccc2-c2nc3ccccc3c(=O)[nH]2)C1. The lowest BCUT2D eigenvalue weighted by atomic mass is 10.0. The molecule has 1 fully saturated rings. The molecule has 0 saturated carbocycles. The second-order valence-corrected chi connectivity index (χ2v) is 7.68. The van der Waals surface area contributed by atoms with Crippen LogP contribution in [0.15, 0.2) is 53.3 Å². The number of ether oxygens (including phenoxy) is 1. The first-order chi connectivity index (χ1) is 13.7. The Kier molecular flexibility index (Phi) is 5.72. The van der Waals surface area contributed by atoms with Crippen LogP contribution in [0.5, 0.6) is 5.75 Å². The van der Waals surface area contributed by atoms with Crippen molar-refractivity contribution in [1.29, 1.82) is 0 Å². The van der Waals surface area contributed by atoms with Crippen molar-refractivity contribution in [3.63, 3.8) is 0 Å². The van der Waals surface area contributed by atoms with E-state index in [0.29, 0.717) is 23.3 Å². The molecule has 5 heteroatoms. The monoisotopic (exact) mass is 377 g/mol. The van der Waals surface area contributed by atoms with E-state index < -0.39 is 0 Å². The summed E-state index contributed by atoms with van der Waals surface area (Å²) >= 11 is 0. The van der Waals surface area contributed by atoms with E-state index in [1.54, 1.807) is 6.07 Å². The minimum Gasteiger partial charge on any atom is -0.493 e. The number of hydrogen-bond acceptors (Lipinski definition) is 4. The molecule has 0 amide bonds. The standard InChI is InChI=1S/C23H27N3O2/c1-17-8-6-13-26(16-17)14-7-15-28-21-12-5-3-10-19(21)22-24-20-11-4-2-9-18(20)23(27)25-22/h2-5,9-12,17H,6-8,13-16H2,1H3,(H,24,25,27). The summed E-state index contributed by atoms with van der Waals surface area (Å²) in [6, 6.07) is 15.1. The number of aromatic nitrogens is 2. The number of piperidine rings is 1. The van der Waals surface area contributed by atoms with Gasteiger partial charge in [-0.25, -0.2) is 4.98 Å². The number of benzene rings is 2. The number of H-pyrrole nitrogens is 1. The third-order valence-corrected chi connectivity index (χ3v) is 5.37. The first-order valence-corrected chi connectivity index (χ1v) is 10.1. The molecule has 1 atom stereocenters. The highest BCUT2D eigenvalue weighted by Gasteiger charge is 2.16. The molecule has 4 rings (SSSR count). The van der Waals surface area contributed by atoms with Crippen molar-refractivity contribution in [2.24, 2.45) is 5.92 Å². The maximum absolute atomic E-state index is 12.4. The third kappa shape index (κ3) is 4.25. The predicted octanol–water partition coefficient (Wildman–Crippen LogP) is 4.09. The largest absolute Gasteiger partial charge is 0.493 e. The quantitative estimate of drug-likeness (QED) is 0.658. The molecule has 1 aromatic heterocycles. The van der Waals surface area contributed by atoms with Gasteiger partial charge in [0.2, 0.25) is 0 Å². The number of fused-ring (bicyclic) bond motifs is 1. The van der Waals surface area contributed by atoms with Crippen LogP contribution in [-0.2, 0) is 0 Å². The molecular formula is C23H27N3O2. The molecule has 2 heterocycles. The van der Waals surface area contributed by atoms with Gasteiger partial charge in [0.25, 0.3) is 5.56 Å². The zero-order valence-corrected chi connectivity index (χ0v) is 16.4. The Morgan fingerprint density at radius 3 is 2.89 bits per heavy atom. The predicted molar refractivity (Wildman–Crippen MR) is 113 cm³/mol. The van der Waals surface area contributed by atoms with E-state index in [9.17, 15) is 4.79 Å². The van der Waals surface area contributed by atoms with Crippen LogP contribution in [0.1, 0.15) is 26.2 Å². The van der Waals surface area contributed by atoms with E-state index in [4.69, 9.17) is 4.74 Å². The van der Waals surface area contributed by atoms with Crippen molar-refractivity contribution >= 4 is 10.9 Å². The molecule has 28 heavy (non-hydrogen) atoms. The Labute approximate surface area is 165 Å². The average molecular weight is 377 g/mol. The van der Waals surface area contributed by atoms with Crippen molar-refractivity contribution < 1.29 is 4.74 Å². The Morgan fingerprint density at radius 1 is 1.18 bits per heavy atom. The van der Waals surface area contributed by atoms with Crippen molar-refractivity contribution in [2.45, 2.75) is 26.2 Å². The van der Waals surface area contributed by atoms with Gasteiger partial charge >= 0.3 is 0 Å². The summed E-state index contributed by atoms with van der Waals surface area (Å²) in [5, 5.41) is 0.598. The number of aromatic amines is 1. The number of nitrogens with zero attached hydrogens (tertiary/aromatic N) is 2. The highest BCUT2D eigenvalue weighted by atomic mass is 16.5.